The van der Waals surface area contributed by atoms with Crippen molar-refractivity contribution in [1.82, 2.24) is 4.08 Å². The summed E-state index contributed by atoms with van der Waals surface area (Å²) in [6, 6.07) is 0. The Morgan fingerprint density at radius 3 is 2.18 bits per heavy atom. The predicted molar refractivity (Wildman–Crippen MR) is 41.4 cm³/mol. The minimum Gasteiger partial charge on any atom is -0.319 e. The van der Waals surface area contributed by atoms with Gasteiger partial charge in [0.2, 0.25) is 10.0 Å². The van der Waals surface area contributed by atoms with E-state index in [4.69, 9.17) is 9.05 Å². The highest BCUT2D eigenvalue weighted by molar-refractivity contribution is 7.92. The third-order valence-corrected chi connectivity index (χ3v) is 4.71. The van der Waals surface area contributed by atoms with Gasteiger partial charge in [-0.05, 0) is 0 Å². The fraction of sp³-hybridized carbons (Fsp3) is 1.00. The van der Waals surface area contributed by atoms with Gasteiger partial charge in [0.1, 0.15) is 0 Å². The molecule has 0 aromatic heterocycles. The van der Waals surface area contributed by atoms with Crippen molar-refractivity contribution in [3.05, 3.63) is 0 Å². The molecule has 0 bridgehead atoms. The Bertz CT molecular complexity index is 222. The molecule has 0 unspecified atom stereocenters. The van der Waals surface area contributed by atoms with E-state index >= 15 is 0 Å². The molecule has 66 valence electrons. The quantitative estimate of drug-likeness (QED) is 0.594. The molecule has 1 aliphatic heterocycles. The van der Waals surface area contributed by atoms with Gasteiger partial charge in [0, 0.05) is 7.05 Å². The molecule has 0 amide bonds. The van der Waals surface area contributed by atoms with Crippen LogP contribution in [0.1, 0.15) is 0 Å². The fourth-order valence-electron chi connectivity index (χ4n) is 0.552. The molecule has 1 saturated heterocycles. The Hall–Kier alpha value is 0.260. The molecule has 0 aromatic rings. The van der Waals surface area contributed by atoms with Gasteiger partial charge < -0.3 is 9.05 Å². The zero-order valence-corrected chi connectivity index (χ0v) is 8.06. The van der Waals surface area contributed by atoms with Crippen LogP contribution in [-0.4, -0.2) is 39.0 Å². The van der Waals surface area contributed by atoms with Crippen molar-refractivity contribution in [2.75, 3.05) is 26.5 Å². The molecule has 0 atom stereocenters. The molecule has 1 fully saturated rings. The summed E-state index contributed by atoms with van der Waals surface area (Å²) in [6.07, 6.45) is 1.13. The van der Waals surface area contributed by atoms with E-state index in [0.29, 0.717) is 13.2 Å². The number of hydrogen-bond acceptors (Lipinski definition) is 4. The van der Waals surface area contributed by atoms with Crippen LogP contribution in [0.15, 0.2) is 0 Å². The smallest absolute Gasteiger partial charge is 0.273 e. The highest BCUT2D eigenvalue weighted by Gasteiger charge is 2.28. The zero-order valence-electron chi connectivity index (χ0n) is 6.35. The van der Waals surface area contributed by atoms with Crippen molar-refractivity contribution in [3.8, 4) is 0 Å². The maximum atomic E-state index is 10.9. The van der Waals surface area contributed by atoms with Crippen LogP contribution in [0.4, 0.5) is 0 Å². The summed E-state index contributed by atoms with van der Waals surface area (Å²) in [7, 11) is -3.07. The van der Waals surface area contributed by atoms with Crippen molar-refractivity contribution in [1.29, 1.82) is 0 Å². The maximum absolute atomic E-state index is 10.9. The van der Waals surface area contributed by atoms with Crippen molar-refractivity contribution in [2.45, 2.75) is 0 Å². The monoisotopic (exact) mass is 199 g/mol. The van der Waals surface area contributed by atoms with E-state index in [1.165, 1.54) is 7.05 Å². The Morgan fingerprint density at radius 2 is 1.82 bits per heavy atom. The first-order valence-corrected chi connectivity index (χ1v) is 5.99. The summed E-state index contributed by atoms with van der Waals surface area (Å²) < 4.78 is 33.0. The third kappa shape index (κ3) is 2.35. The molecule has 0 N–H and O–H groups in total. The highest BCUT2D eigenvalue weighted by Crippen LogP contribution is 2.46. The molecule has 0 spiro atoms. The van der Waals surface area contributed by atoms with Crippen molar-refractivity contribution in [2.24, 2.45) is 0 Å². The van der Waals surface area contributed by atoms with Gasteiger partial charge in [-0.25, -0.2) is 8.42 Å². The van der Waals surface area contributed by atoms with Crippen molar-refractivity contribution in [3.63, 3.8) is 0 Å². The minimum absolute atomic E-state index is 0.478. The molecule has 11 heavy (non-hydrogen) atoms. The summed E-state index contributed by atoms with van der Waals surface area (Å²) in [5, 5.41) is 0. The van der Waals surface area contributed by atoms with Gasteiger partial charge in [0.05, 0.1) is 19.5 Å². The van der Waals surface area contributed by atoms with Gasteiger partial charge in [0.15, 0.2) is 0 Å². The zero-order chi connectivity index (χ0) is 8.48. The number of sulfonamides is 1. The second-order valence-electron chi connectivity index (χ2n) is 2.10. The van der Waals surface area contributed by atoms with Crippen LogP contribution < -0.4 is 0 Å². The van der Waals surface area contributed by atoms with Crippen LogP contribution in [0.2, 0.25) is 0 Å². The van der Waals surface area contributed by atoms with Gasteiger partial charge in [-0.1, -0.05) is 0 Å². The number of rotatable bonds is 2. The molecule has 0 aromatic carbocycles. The van der Waals surface area contributed by atoms with Crippen molar-refractivity contribution >= 4 is 18.5 Å². The SMILES string of the molecule is CN(P1OCCO1)S(C)(=O)=O. The van der Waals surface area contributed by atoms with Gasteiger partial charge in [-0.2, -0.15) is 0 Å². The molecular formula is C4H10NO4PS. The molecule has 1 rings (SSSR count). The predicted octanol–water partition coefficient (Wildman–Crippen LogP) is 0.151. The Labute approximate surface area is 67.3 Å². The van der Waals surface area contributed by atoms with E-state index in [1.54, 1.807) is 0 Å². The normalized spacial score (nSPS) is 21.4. The molecule has 7 heteroatoms. The summed E-state index contributed by atoms with van der Waals surface area (Å²) in [4.78, 5) is 0. The lowest BCUT2D eigenvalue weighted by atomic mass is 10.8. The third-order valence-electron chi connectivity index (χ3n) is 1.20. The Kier molecular flexibility index (Phi) is 2.83. The van der Waals surface area contributed by atoms with Crippen LogP contribution in [0.5, 0.6) is 0 Å². The molecule has 1 heterocycles. The molecule has 0 radical (unpaired) electrons. The fourth-order valence-corrected chi connectivity index (χ4v) is 2.66. The largest absolute Gasteiger partial charge is 0.319 e. The standard InChI is InChI=1S/C4H10NO4PS/c1-5(11(2,6)7)10-8-3-4-9-10/h3-4H2,1-2H3. The van der Waals surface area contributed by atoms with Crippen LogP contribution >= 0.6 is 8.53 Å². The topological polar surface area (TPSA) is 55.8 Å². The van der Waals surface area contributed by atoms with Crippen LogP contribution in [-0.2, 0) is 19.1 Å². The molecule has 1 aliphatic rings. The lowest BCUT2D eigenvalue weighted by Crippen LogP contribution is -2.20. The van der Waals surface area contributed by atoms with E-state index in [-0.39, 0.29) is 0 Å². The van der Waals surface area contributed by atoms with Crippen molar-refractivity contribution < 1.29 is 17.5 Å². The van der Waals surface area contributed by atoms with Gasteiger partial charge in [-0.15, -0.1) is 4.08 Å². The van der Waals surface area contributed by atoms with Crippen LogP contribution in [0.3, 0.4) is 0 Å². The maximum Gasteiger partial charge on any atom is 0.273 e. The van der Waals surface area contributed by atoms with Gasteiger partial charge in [0.25, 0.3) is 8.53 Å². The molecule has 0 saturated carbocycles. The summed E-state index contributed by atoms with van der Waals surface area (Å²) in [6.45, 7) is 0.955. The molecule has 0 aliphatic carbocycles. The highest BCUT2D eigenvalue weighted by atomic mass is 32.2. The lowest BCUT2D eigenvalue weighted by molar-refractivity contribution is 0.365. The first kappa shape index (κ1) is 9.35. The van der Waals surface area contributed by atoms with E-state index in [2.05, 4.69) is 0 Å². The van der Waals surface area contributed by atoms with E-state index < -0.39 is 18.5 Å². The van der Waals surface area contributed by atoms with E-state index in [9.17, 15) is 8.42 Å². The Morgan fingerprint density at radius 1 is 1.36 bits per heavy atom. The average molecular weight is 199 g/mol. The second kappa shape index (κ2) is 3.33. The van der Waals surface area contributed by atoms with E-state index in [1.807, 2.05) is 0 Å². The molecular weight excluding hydrogens is 189 g/mol. The Balaban J connectivity index is 2.60. The average Bonchev–Trinajstić information content (AvgIpc) is 2.34. The summed E-state index contributed by atoms with van der Waals surface area (Å²) >= 11 is 0. The summed E-state index contributed by atoms with van der Waals surface area (Å²) in [5.74, 6) is 0. The van der Waals surface area contributed by atoms with E-state index in [0.717, 1.165) is 10.3 Å². The number of nitrogens with zero attached hydrogens (tertiary/aromatic N) is 1. The van der Waals surface area contributed by atoms with Crippen LogP contribution in [0.25, 0.3) is 0 Å². The first-order chi connectivity index (χ1) is 5.02. The first-order valence-electron chi connectivity index (χ1n) is 3.01. The summed E-state index contributed by atoms with van der Waals surface area (Å²) in [5.41, 5.74) is 0. The van der Waals surface area contributed by atoms with Gasteiger partial charge in [-0.3, -0.25) is 0 Å². The number of hydrogen-bond donors (Lipinski definition) is 0. The van der Waals surface area contributed by atoms with Crippen LogP contribution in [0, 0.1) is 0 Å². The second-order valence-corrected chi connectivity index (χ2v) is 5.98. The molecule has 5 nitrogen and oxygen atoms in total. The lowest BCUT2D eigenvalue weighted by Gasteiger charge is -2.17. The minimum atomic E-state index is -3.17. The van der Waals surface area contributed by atoms with Gasteiger partial charge >= 0.3 is 0 Å².